The maximum absolute atomic E-state index is 11.5. The van der Waals surface area contributed by atoms with E-state index in [1.165, 1.54) is 0 Å². The summed E-state index contributed by atoms with van der Waals surface area (Å²) in [6.07, 6.45) is 0.352. The molecule has 0 aromatic heterocycles. The highest BCUT2D eigenvalue weighted by Crippen LogP contribution is 2.33. The van der Waals surface area contributed by atoms with Crippen LogP contribution < -0.4 is 0 Å². The summed E-state index contributed by atoms with van der Waals surface area (Å²) in [7, 11) is 0. The summed E-state index contributed by atoms with van der Waals surface area (Å²) in [5.41, 5.74) is 1.90. The van der Waals surface area contributed by atoms with Gasteiger partial charge in [-0.1, -0.05) is 78.9 Å². The van der Waals surface area contributed by atoms with Crippen LogP contribution in [0.2, 0.25) is 0 Å². The molecule has 0 amide bonds. The van der Waals surface area contributed by atoms with Gasteiger partial charge >= 0.3 is 0 Å². The first kappa shape index (κ1) is 15.0. The second kappa shape index (κ2) is 6.48. The van der Waals surface area contributed by atoms with Gasteiger partial charge in [-0.05, 0) is 22.8 Å². The van der Waals surface area contributed by atoms with Crippen LogP contribution in [-0.4, -0.2) is 5.11 Å². The molecule has 0 spiro atoms. The molecule has 1 N–H and O–H groups in total. The van der Waals surface area contributed by atoms with Crippen LogP contribution in [-0.2, 0) is 12.0 Å². The van der Waals surface area contributed by atoms with Gasteiger partial charge in [0.05, 0.1) is 11.6 Å². The second-order valence-electron chi connectivity index (χ2n) is 5.54. The van der Waals surface area contributed by atoms with Crippen molar-refractivity contribution in [3.8, 4) is 6.07 Å². The largest absolute Gasteiger partial charge is 0.380 e. The zero-order chi connectivity index (χ0) is 16.1. The number of aliphatic hydroxyl groups is 1. The fraction of sp³-hybridized carbons (Fsp3) is 0.0952. The molecule has 0 aliphatic heterocycles. The first-order valence-electron chi connectivity index (χ1n) is 7.55. The molecule has 2 nitrogen and oxygen atoms in total. The van der Waals surface area contributed by atoms with Crippen molar-refractivity contribution in [1.29, 1.82) is 5.26 Å². The number of nitriles is 1. The first-order chi connectivity index (χ1) is 11.2. The van der Waals surface area contributed by atoms with Gasteiger partial charge in [-0.2, -0.15) is 5.26 Å². The van der Waals surface area contributed by atoms with Gasteiger partial charge in [0.25, 0.3) is 0 Å². The van der Waals surface area contributed by atoms with Crippen molar-refractivity contribution in [2.24, 2.45) is 0 Å². The molecule has 3 aromatic carbocycles. The molecule has 3 rings (SSSR count). The van der Waals surface area contributed by atoms with E-state index in [1.54, 1.807) is 6.07 Å². The Balaban J connectivity index is 2.12. The smallest absolute Gasteiger partial charge is 0.119 e. The Morgan fingerprint density at radius 1 is 0.739 bits per heavy atom. The van der Waals surface area contributed by atoms with Crippen molar-refractivity contribution in [1.82, 2.24) is 0 Å². The molecule has 112 valence electrons. The normalized spacial score (nSPS) is 11.0. The average Bonchev–Trinajstić information content (AvgIpc) is 2.63. The van der Waals surface area contributed by atoms with E-state index in [-0.39, 0.29) is 0 Å². The van der Waals surface area contributed by atoms with Gasteiger partial charge in [0.2, 0.25) is 0 Å². The van der Waals surface area contributed by atoms with E-state index in [1.807, 2.05) is 78.9 Å². The number of hydrogen-bond acceptors (Lipinski definition) is 2. The first-order valence-corrected chi connectivity index (χ1v) is 7.55. The minimum absolute atomic E-state index is 0.352. The van der Waals surface area contributed by atoms with Gasteiger partial charge in [0.15, 0.2) is 0 Å². The van der Waals surface area contributed by atoms with Crippen molar-refractivity contribution in [2.75, 3.05) is 0 Å². The van der Waals surface area contributed by atoms with E-state index in [0.717, 1.165) is 16.7 Å². The summed E-state index contributed by atoms with van der Waals surface area (Å²) >= 11 is 0. The molecule has 0 saturated heterocycles. The highest BCUT2D eigenvalue weighted by molar-refractivity contribution is 5.43. The van der Waals surface area contributed by atoms with Crippen LogP contribution in [0.5, 0.6) is 0 Å². The molecular weight excluding hydrogens is 282 g/mol. The Kier molecular flexibility index (Phi) is 4.23. The molecule has 0 aliphatic carbocycles. The van der Waals surface area contributed by atoms with Gasteiger partial charge in [0, 0.05) is 6.42 Å². The third-order valence-electron chi connectivity index (χ3n) is 4.09. The lowest BCUT2D eigenvalue weighted by Gasteiger charge is -2.30. The molecule has 0 fully saturated rings. The van der Waals surface area contributed by atoms with Crippen molar-refractivity contribution in [2.45, 2.75) is 12.0 Å². The zero-order valence-corrected chi connectivity index (χ0v) is 12.7. The molecular formula is C21H17NO. The van der Waals surface area contributed by atoms with Crippen LogP contribution in [0.4, 0.5) is 0 Å². The molecule has 0 aliphatic rings. The lowest BCUT2D eigenvalue weighted by atomic mass is 9.80. The number of hydrogen-bond donors (Lipinski definition) is 1. The monoisotopic (exact) mass is 299 g/mol. The molecule has 0 bridgehead atoms. The predicted octanol–water partition coefficient (Wildman–Crippen LogP) is 4.04. The fourth-order valence-corrected chi connectivity index (χ4v) is 2.86. The highest BCUT2D eigenvalue weighted by atomic mass is 16.3. The molecule has 2 heteroatoms. The quantitative estimate of drug-likeness (QED) is 0.790. The Labute approximate surface area is 136 Å². The summed E-state index contributed by atoms with van der Waals surface area (Å²) in [6, 6.07) is 28.8. The standard InChI is InChI=1S/C21H17NO/c22-16-18-10-8-7-9-17(18)15-21(23,19-11-3-1-4-12-19)20-13-5-2-6-14-20/h1-14,23H,15H2. The van der Waals surface area contributed by atoms with Crippen LogP contribution >= 0.6 is 0 Å². The van der Waals surface area contributed by atoms with Gasteiger partial charge < -0.3 is 5.11 Å². The summed E-state index contributed by atoms with van der Waals surface area (Å²) in [4.78, 5) is 0. The van der Waals surface area contributed by atoms with Gasteiger partial charge in [-0.25, -0.2) is 0 Å². The summed E-state index contributed by atoms with van der Waals surface area (Å²) < 4.78 is 0. The van der Waals surface area contributed by atoms with Crippen molar-refractivity contribution in [3.05, 3.63) is 107 Å². The van der Waals surface area contributed by atoms with Gasteiger partial charge in [-0.3, -0.25) is 0 Å². The lowest BCUT2D eigenvalue weighted by molar-refractivity contribution is 0.0811. The van der Waals surface area contributed by atoms with Crippen molar-refractivity contribution >= 4 is 0 Å². The predicted molar refractivity (Wildman–Crippen MR) is 90.7 cm³/mol. The van der Waals surface area contributed by atoms with E-state index in [2.05, 4.69) is 6.07 Å². The Morgan fingerprint density at radius 2 is 1.22 bits per heavy atom. The minimum atomic E-state index is -1.17. The topological polar surface area (TPSA) is 44.0 Å². The van der Waals surface area contributed by atoms with Crippen LogP contribution in [0.25, 0.3) is 0 Å². The number of rotatable bonds is 4. The lowest BCUT2D eigenvalue weighted by Crippen LogP contribution is -2.30. The van der Waals surface area contributed by atoms with E-state index in [4.69, 9.17) is 0 Å². The van der Waals surface area contributed by atoms with E-state index in [9.17, 15) is 10.4 Å². The molecule has 3 aromatic rings. The number of nitrogens with zero attached hydrogens (tertiary/aromatic N) is 1. The molecule has 0 radical (unpaired) electrons. The average molecular weight is 299 g/mol. The summed E-state index contributed by atoms with van der Waals surface area (Å²) in [6.45, 7) is 0. The third-order valence-corrected chi connectivity index (χ3v) is 4.09. The van der Waals surface area contributed by atoms with Crippen LogP contribution in [0, 0.1) is 11.3 Å². The SMILES string of the molecule is N#Cc1ccccc1CC(O)(c1ccccc1)c1ccccc1. The van der Waals surface area contributed by atoms with Crippen LogP contribution in [0.15, 0.2) is 84.9 Å². The third kappa shape index (κ3) is 3.01. The van der Waals surface area contributed by atoms with E-state index < -0.39 is 5.60 Å². The fourth-order valence-electron chi connectivity index (χ4n) is 2.86. The molecule has 0 saturated carbocycles. The van der Waals surface area contributed by atoms with Crippen molar-refractivity contribution < 1.29 is 5.11 Å². The van der Waals surface area contributed by atoms with Gasteiger partial charge in [0.1, 0.15) is 5.60 Å². The summed E-state index contributed by atoms with van der Waals surface area (Å²) in [5.74, 6) is 0. The maximum atomic E-state index is 11.5. The van der Waals surface area contributed by atoms with Gasteiger partial charge in [-0.15, -0.1) is 0 Å². The van der Waals surface area contributed by atoms with E-state index in [0.29, 0.717) is 12.0 Å². The molecule has 0 unspecified atom stereocenters. The highest BCUT2D eigenvalue weighted by Gasteiger charge is 2.32. The van der Waals surface area contributed by atoms with E-state index >= 15 is 0 Å². The summed E-state index contributed by atoms with van der Waals surface area (Å²) in [5, 5.41) is 20.8. The molecule has 0 atom stereocenters. The minimum Gasteiger partial charge on any atom is -0.380 e. The Morgan fingerprint density at radius 3 is 1.74 bits per heavy atom. The Hall–Kier alpha value is -2.89. The molecule has 0 heterocycles. The molecule has 23 heavy (non-hydrogen) atoms. The zero-order valence-electron chi connectivity index (χ0n) is 12.7. The second-order valence-corrected chi connectivity index (χ2v) is 5.54. The van der Waals surface area contributed by atoms with Crippen LogP contribution in [0.1, 0.15) is 22.3 Å². The van der Waals surface area contributed by atoms with Crippen molar-refractivity contribution in [3.63, 3.8) is 0 Å². The number of benzene rings is 3. The van der Waals surface area contributed by atoms with Crippen LogP contribution in [0.3, 0.4) is 0 Å². The maximum Gasteiger partial charge on any atom is 0.119 e. The Bertz CT molecular complexity index is 780.